The van der Waals surface area contributed by atoms with Crippen molar-refractivity contribution >= 4 is 18.0 Å². The standard InChI is InChI=1S/C11H22N2O2S/c1-11(2,3)15-10(14)12-7-5-4-6-8-13-9-16-13/h4-9H2,1-3H3,(H,12,14). The Morgan fingerprint density at radius 3 is 2.62 bits per heavy atom. The normalized spacial score (nSPS) is 19.3. The third-order valence-electron chi connectivity index (χ3n) is 2.06. The highest BCUT2D eigenvalue weighted by molar-refractivity contribution is 8.02. The van der Waals surface area contributed by atoms with Gasteiger partial charge in [0.1, 0.15) is 5.60 Å². The summed E-state index contributed by atoms with van der Waals surface area (Å²) >= 11 is 1.89. The number of unbranched alkanes of at least 4 members (excludes halogenated alkanes) is 2. The Labute approximate surface area is 102 Å². The number of carbonyl (C=O) groups is 1. The summed E-state index contributed by atoms with van der Waals surface area (Å²) in [4.78, 5) is 11.3. The van der Waals surface area contributed by atoms with E-state index < -0.39 is 5.60 Å². The van der Waals surface area contributed by atoms with E-state index >= 15 is 0 Å². The number of hydrogen-bond acceptors (Lipinski definition) is 4. The molecule has 0 aliphatic carbocycles. The summed E-state index contributed by atoms with van der Waals surface area (Å²) in [6.45, 7) is 7.50. The van der Waals surface area contributed by atoms with Crippen molar-refractivity contribution in [2.24, 2.45) is 0 Å². The van der Waals surface area contributed by atoms with Gasteiger partial charge in [0.05, 0.1) is 5.88 Å². The minimum Gasteiger partial charge on any atom is -0.444 e. The molecule has 0 saturated carbocycles. The zero-order valence-corrected chi connectivity index (χ0v) is 11.2. The summed E-state index contributed by atoms with van der Waals surface area (Å²) in [6.07, 6.45) is 3.09. The molecule has 5 heteroatoms. The molecular weight excluding hydrogens is 224 g/mol. The Morgan fingerprint density at radius 1 is 1.38 bits per heavy atom. The number of amides is 1. The number of nitrogens with one attached hydrogen (secondary N) is 1. The molecule has 1 unspecified atom stereocenters. The van der Waals surface area contributed by atoms with E-state index in [2.05, 4.69) is 9.62 Å². The highest BCUT2D eigenvalue weighted by Crippen LogP contribution is 2.27. The van der Waals surface area contributed by atoms with Gasteiger partial charge >= 0.3 is 6.09 Å². The number of nitrogens with zero attached hydrogens (tertiary/aromatic N) is 1. The molecule has 1 N–H and O–H groups in total. The van der Waals surface area contributed by atoms with Gasteiger partial charge in [0, 0.05) is 13.1 Å². The smallest absolute Gasteiger partial charge is 0.407 e. The molecule has 0 bridgehead atoms. The Hall–Kier alpha value is -0.420. The number of ether oxygens (including phenoxy) is 1. The van der Waals surface area contributed by atoms with Crippen LogP contribution in [0.2, 0.25) is 0 Å². The van der Waals surface area contributed by atoms with Crippen LogP contribution in [0, 0.1) is 0 Å². The maximum Gasteiger partial charge on any atom is 0.407 e. The van der Waals surface area contributed by atoms with Crippen LogP contribution in [0.4, 0.5) is 4.79 Å². The van der Waals surface area contributed by atoms with Gasteiger partial charge in [0.25, 0.3) is 0 Å². The second-order valence-electron chi connectivity index (χ2n) is 4.95. The fourth-order valence-corrected chi connectivity index (χ4v) is 1.73. The molecule has 16 heavy (non-hydrogen) atoms. The third kappa shape index (κ3) is 7.82. The summed E-state index contributed by atoms with van der Waals surface area (Å²) in [5, 5.41) is 2.76. The van der Waals surface area contributed by atoms with Crippen LogP contribution in [0.5, 0.6) is 0 Å². The van der Waals surface area contributed by atoms with Gasteiger partial charge < -0.3 is 10.1 Å². The lowest BCUT2D eigenvalue weighted by atomic mass is 10.2. The van der Waals surface area contributed by atoms with E-state index in [0.717, 1.165) is 12.8 Å². The van der Waals surface area contributed by atoms with Crippen LogP contribution in [0.1, 0.15) is 40.0 Å². The van der Waals surface area contributed by atoms with Crippen molar-refractivity contribution < 1.29 is 9.53 Å². The van der Waals surface area contributed by atoms with Crippen molar-refractivity contribution in [1.29, 1.82) is 0 Å². The molecule has 1 amide bonds. The fraction of sp³-hybridized carbons (Fsp3) is 0.909. The molecule has 1 fully saturated rings. The average Bonchev–Trinajstić information content (AvgIpc) is 2.91. The first-order valence-corrected chi connectivity index (χ1v) is 6.76. The van der Waals surface area contributed by atoms with E-state index in [1.165, 1.54) is 18.8 Å². The number of hydrogen-bond donors (Lipinski definition) is 1. The van der Waals surface area contributed by atoms with Gasteiger partial charge in [-0.15, -0.1) is 0 Å². The van der Waals surface area contributed by atoms with E-state index in [1.807, 2.05) is 32.7 Å². The first kappa shape index (κ1) is 13.6. The molecule has 4 nitrogen and oxygen atoms in total. The predicted octanol–water partition coefficient (Wildman–Crippen LogP) is 2.60. The van der Waals surface area contributed by atoms with Crippen LogP contribution in [0.3, 0.4) is 0 Å². The monoisotopic (exact) mass is 246 g/mol. The van der Waals surface area contributed by atoms with Gasteiger partial charge in [-0.2, -0.15) is 0 Å². The van der Waals surface area contributed by atoms with Crippen molar-refractivity contribution in [3.63, 3.8) is 0 Å². The van der Waals surface area contributed by atoms with Gasteiger partial charge in [-0.05, 0) is 33.6 Å². The van der Waals surface area contributed by atoms with Crippen LogP contribution in [0.15, 0.2) is 0 Å². The SMILES string of the molecule is CC(C)(C)OC(=O)NCCCCCN1CS1. The van der Waals surface area contributed by atoms with Crippen LogP contribution in [-0.2, 0) is 4.74 Å². The third-order valence-corrected chi connectivity index (χ3v) is 2.87. The number of rotatable bonds is 6. The molecule has 0 radical (unpaired) electrons. The summed E-state index contributed by atoms with van der Waals surface area (Å²) in [7, 11) is 0. The van der Waals surface area contributed by atoms with Crippen molar-refractivity contribution in [2.75, 3.05) is 19.0 Å². The second kappa shape index (κ2) is 6.35. The summed E-state index contributed by atoms with van der Waals surface area (Å²) in [5.41, 5.74) is -0.402. The Bertz CT molecular complexity index is 225. The Balaban J connectivity index is 1.87. The zero-order chi connectivity index (χ0) is 12.0. The average molecular weight is 246 g/mol. The van der Waals surface area contributed by atoms with Crippen molar-refractivity contribution in [3.05, 3.63) is 0 Å². The molecule has 1 rings (SSSR count). The van der Waals surface area contributed by atoms with Gasteiger partial charge in [0.15, 0.2) is 0 Å². The van der Waals surface area contributed by atoms with Gasteiger partial charge in [-0.3, -0.25) is 0 Å². The van der Waals surface area contributed by atoms with Crippen LogP contribution in [0.25, 0.3) is 0 Å². The summed E-state index contributed by atoms with van der Waals surface area (Å²) in [5.74, 6) is 1.19. The molecule has 0 aromatic heterocycles. The molecule has 1 atom stereocenters. The van der Waals surface area contributed by atoms with E-state index in [0.29, 0.717) is 6.54 Å². The molecule has 1 saturated heterocycles. The molecule has 94 valence electrons. The van der Waals surface area contributed by atoms with E-state index in [-0.39, 0.29) is 6.09 Å². The van der Waals surface area contributed by atoms with Crippen molar-refractivity contribution in [2.45, 2.75) is 45.6 Å². The van der Waals surface area contributed by atoms with Gasteiger partial charge in [-0.25, -0.2) is 9.10 Å². The van der Waals surface area contributed by atoms with Crippen LogP contribution >= 0.6 is 11.9 Å². The molecule has 0 spiro atoms. The minimum atomic E-state index is -0.402. The molecule has 1 heterocycles. The lowest BCUT2D eigenvalue weighted by Crippen LogP contribution is -2.33. The molecular formula is C11H22N2O2S. The largest absolute Gasteiger partial charge is 0.444 e. The van der Waals surface area contributed by atoms with Gasteiger partial charge in [0.2, 0.25) is 0 Å². The minimum absolute atomic E-state index is 0.311. The highest BCUT2D eigenvalue weighted by Gasteiger charge is 2.17. The lowest BCUT2D eigenvalue weighted by molar-refractivity contribution is 0.0527. The first-order chi connectivity index (χ1) is 7.47. The van der Waals surface area contributed by atoms with Crippen LogP contribution < -0.4 is 5.32 Å². The van der Waals surface area contributed by atoms with E-state index in [4.69, 9.17) is 4.74 Å². The Morgan fingerprint density at radius 2 is 2.06 bits per heavy atom. The summed E-state index contributed by atoms with van der Waals surface area (Å²) < 4.78 is 7.47. The molecule has 1 aliphatic rings. The second-order valence-corrected chi connectivity index (χ2v) is 5.99. The predicted molar refractivity (Wildman–Crippen MR) is 67.3 cm³/mol. The summed E-state index contributed by atoms with van der Waals surface area (Å²) in [6, 6.07) is 0. The quantitative estimate of drug-likeness (QED) is 0.444. The highest BCUT2D eigenvalue weighted by atomic mass is 32.2. The maximum atomic E-state index is 11.3. The van der Waals surface area contributed by atoms with Crippen LogP contribution in [-0.4, -0.2) is 35.0 Å². The molecule has 1 aliphatic heterocycles. The van der Waals surface area contributed by atoms with E-state index in [9.17, 15) is 4.79 Å². The number of alkyl carbamates (subject to hydrolysis) is 1. The molecule has 0 aromatic rings. The first-order valence-electron chi connectivity index (χ1n) is 5.82. The van der Waals surface area contributed by atoms with Crippen molar-refractivity contribution in [1.82, 2.24) is 9.62 Å². The van der Waals surface area contributed by atoms with E-state index in [1.54, 1.807) is 0 Å². The Kier molecular flexibility index (Phi) is 5.41. The fourth-order valence-electron chi connectivity index (χ4n) is 1.26. The zero-order valence-electron chi connectivity index (χ0n) is 10.4. The number of carbonyl (C=O) groups excluding carboxylic acids is 1. The maximum absolute atomic E-state index is 11.3. The van der Waals surface area contributed by atoms with Crippen molar-refractivity contribution in [3.8, 4) is 0 Å². The van der Waals surface area contributed by atoms with Gasteiger partial charge in [-0.1, -0.05) is 18.4 Å². The lowest BCUT2D eigenvalue weighted by Gasteiger charge is -2.19. The molecule has 0 aromatic carbocycles. The topological polar surface area (TPSA) is 41.3 Å².